The molecule has 0 aliphatic carbocycles. The van der Waals surface area contributed by atoms with E-state index in [1.165, 1.54) is 23.1 Å². The van der Waals surface area contributed by atoms with Gasteiger partial charge in [0, 0.05) is 24.7 Å². The lowest BCUT2D eigenvalue weighted by Crippen LogP contribution is -2.57. The van der Waals surface area contributed by atoms with Gasteiger partial charge < -0.3 is 15.5 Å². The van der Waals surface area contributed by atoms with Crippen molar-refractivity contribution in [1.82, 2.24) is 10.2 Å². The Hall–Kier alpha value is -2.58. The molecule has 2 heterocycles. The Morgan fingerprint density at radius 2 is 1.86 bits per heavy atom. The minimum absolute atomic E-state index is 0.0541. The number of carbonyl (C=O) groups is 2. The average Bonchev–Trinajstić information content (AvgIpc) is 2.76. The third-order valence-corrected chi connectivity index (χ3v) is 5.09. The summed E-state index contributed by atoms with van der Waals surface area (Å²) in [7, 11) is 0. The Kier molecular flexibility index (Phi) is 4.55. The molecule has 2 aromatic rings. The highest BCUT2D eigenvalue weighted by atomic mass is 35.5. The molecular formula is C19H15ClF3N3O2. The molecule has 2 N–H and O–H groups in total. The van der Waals surface area contributed by atoms with Gasteiger partial charge in [-0.2, -0.15) is 13.2 Å². The molecule has 1 fully saturated rings. The van der Waals surface area contributed by atoms with E-state index in [0.717, 1.165) is 12.1 Å². The van der Waals surface area contributed by atoms with E-state index in [9.17, 15) is 22.8 Å². The lowest BCUT2D eigenvalue weighted by atomic mass is 9.99. The monoisotopic (exact) mass is 409 g/mol. The third-order valence-electron chi connectivity index (χ3n) is 4.87. The fourth-order valence-electron chi connectivity index (χ4n) is 3.48. The van der Waals surface area contributed by atoms with Gasteiger partial charge in [0.2, 0.25) is 5.91 Å². The highest BCUT2D eigenvalue weighted by Crippen LogP contribution is 2.36. The first-order valence-electron chi connectivity index (χ1n) is 8.59. The highest BCUT2D eigenvalue weighted by Gasteiger charge is 2.37. The van der Waals surface area contributed by atoms with E-state index < -0.39 is 17.8 Å². The quantitative estimate of drug-likeness (QED) is 0.759. The number of rotatable bonds is 1. The Labute approximate surface area is 163 Å². The van der Waals surface area contributed by atoms with Crippen LogP contribution in [0, 0.1) is 0 Å². The fraction of sp³-hybridized carbons (Fsp3) is 0.263. The summed E-state index contributed by atoms with van der Waals surface area (Å²) >= 11 is 5.88. The zero-order valence-corrected chi connectivity index (χ0v) is 15.2. The van der Waals surface area contributed by atoms with Crippen molar-refractivity contribution in [1.29, 1.82) is 0 Å². The third kappa shape index (κ3) is 3.33. The molecule has 2 aromatic carbocycles. The first-order valence-corrected chi connectivity index (χ1v) is 8.96. The number of piperazine rings is 1. The second-order valence-corrected chi connectivity index (χ2v) is 7.13. The van der Waals surface area contributed by atoms with E-state index in [4.69, 9.17) is 11.6 Å². The van der Waals surface area contributed by atoms with Crippen LogP contribution < -0.4 is 10.6 Å². The van der Waals surface area contributed by atoms with E-state index in [0.29, 0.717) is 30.9 Å². The van der Waals surface area contributed by atoms with Crippen molar-refractivity contribution in [3.05, 3.63) is 52.5 Å². The molecule has 2 aliphatic rings. The number of halogens is 4. The maximum atomic E-state index is 13.1. The predicted octanol–water partition coefficient (Wildman–Crippen LogP) is 3.39. The van der Waals surface area contributed by atoms with Crippen molar-refractivity contribution in [3.8, 4) is 11.1 Å². The van der Waals surface area contributed by atoms with Crippen molar-refractivity contribution in [2.45, 2.75) is 12.2 Å². The molecule has 1 unspecified atom stereocenters. The van der Waals surface area contributed by atoms with Gasteiger partial charge in [-0.1, -0.05) is 17.7 Å². The number of carbonyl (C=O) groups excluding carboxylic acids is 2. The van der Waals surface area contributed by atoms with Gasteiger partial charge in [-0.3, -0.25) is 9.59 Å². The molecule has 0 bridgehead atoms. The molecule has 146 valence electrons. The largest absolute Gasteiger partial charge is 0.416 e. The topological polar surface area (TPSA) is 61.4 Å². The molecule has 5 nitrogen and oxygen atoms in total. The van der Waals surface area contributed by atoms with Crippen LogP contribution >= 0.6 is 11.6 Å². The van der Waals surface area contributed by atoms with E-state index in [1.807, 2.05) is 0 Å². The highest BCUT2D eigenvalue weighted by molar-refractivity contribution is 6.31. The van der Waals surface area contributed by atoms with Gasteiger partial charge in [-0.05, 0) is 41.5 Å². The summed E-state index contributed by atoms with van der Waals surface area (Å²) in [5.74, 6) is -0.631. The van der Waals surface area contributed by atoms with Gasteiger partial charge in [-0.25, -0.2) is 0 Å². The maximum absolute atomic E-state index is 13.1. The molecular weight excluding hydrogens is 395 g/mol. The van der Waals surface area contributed by atoms with Crippen LogP contribution in [-0.2, 0) is 11.0 Å². The van der Waals surface area contributed by atoms with Gasteiger partial charge >= 0.3 is 6.18 Å². The average molecular weight is 410 g/mol. The van der Waals surface area contributed by atoms with Gasteiger partial charge in [0.05, 0.1) is 16.8 Å². The SMILES string of the molecule is O=C1Nc2ccc(-c3cc(Cl)cc(C(F)(F)F)c3)cc2C(=O)N2CCNCC12. The Morgan fingerprint density at radius 1 is 1.07 bits per heavy atom. The number of alkyl halides is 3. The summed E-state index contributed by atoms with van der Waals surface area (Å²) < 4.78 is 39.3. The number of hydrogen-bond donors (Lipinski definition) is 2. The van der Waals surface area contributed by atoms with Gasteiger partial charge in [-0.15, -0.1) is 0 Å². The van der Waals surface area contributed by atoms with Crippen LogP contribution in [0.25, 0.3) is 11.1 Å². The van der Waals surface area contributed by atoms with Crippen LogP contribution in [-0.4, -0.2) is 42.4 Å². The van der Waals surface area contributed by atoms with Crippen LogP contribution in [0.1, 0.15) is 15.9 Å². The van der Waals surface area contributed by atoms with Crippen LogP contribution in [0.15, 0.2) is 36.4 Å². The number of nitrogens with zero attached hydrogens (tertiary/aromatic N) is 1. The Bertz CT molecular complexity index is 977. The van der Waals surface area contributed by atoms with E-state index in [1.54, 1.807) is 6.07 Å². The summed E-state index contributed by atoms with van der Waals surface area (Å²) in [5, 5.41) is 5.75. The molecule has 0 saturated carbocycles. The summed E-state index contributed by atoms with van der Waals surface area (Å²) in [6, 6.07) is 7.20. The van der Waals surface area contributed by atoms with Gasteiger partial charge in [0.25, 0.3) is 5.91 Å². The van der Waals surface area contributed by atoms with E-state index in [2.05, 4.69) is 10.6 Å². The molecule has 0 aromatic heterocycles. The Balaban J connectivity index is 1.79. The summed E-state index contributed by atoms with van der Waals surface area (Å²) in [6.07, 6.45) is -4.54. The summed E-state index contributed by atoms with van der Waals surface area (Å²) in [4.78, 5) is 26.9. The van der Waals surface area contributed by atoms with E-state index >= 15 is 0 Å². The smallest absolute Gasteiger partial charge is 0.324 e. The maximum Gasteiger partial charge on any atom is 0.416 e. The van der Waals surface area contributed by atoms with Gasteiger partial charge in [0.1, 0.15) is 6.04 Å². The number of amides is 2. The van der Waals surface area contributed by atoms with Crippen LogP contribution in [0.5, 0.6) is 0 Å². The van der Waals surface area contributed by atoms with Crippen molar-refractivity contribution in [3.63, 3.8) is 0 Å². The fourth-order valence-corrected chi connectivity index (χ4v) is 3.72. The number of anilines is 1. The lowest BCUT2D eigenvalue weighted by Gasteiger charge is -2.33. The lowest BCUT2D eigenvalue weighted by molar-refractivity contribution is -0.137. The normalized spacial score (nSPS) is 19.6. The Morgan fingerprint density at radius 3 is 2.61 bits per heavy atom. The number of nitrogens with one attached hydrogen (secondary N) is 2. The zero-order chi connectivity index (χ0) is 20.1. The summed E-state index contributed by atoms with van der Waals surface area (Å²) in [6.45, 7) is 1.28. The van der Waals surface area contributed by atoms with Crippen molar-refractivity contribution in [2.75, 3.05) is 25.0 Å². The standard InChI is InChI=1S/C19H15ClF3N3O2/c20-13-6-11(5-12(8-13)19(21,22)23)10-1-2-15-14(7-10)18(28)26-4-3-24-9-16(26)17(27)25-15/h1-2,5-8,16,24H,3-4,9H2,(H,25,27). The molecule has 28 heavy (non-hydrogen) atoms. The van der Waals surface area contributed by atoms with Crippen LogP contribution in [0.4, 0.5) is 18.9 Å². The van der Waals surface area contributed by atoms with Gasteiger partial charge in [0.15, 0.2) is 0 Å². The van der Waals surface area contributed by atoms with Crippen molar-refractivity contribution < 1.29 is 22.8 Å². The second-order valence-electron chi connectivity index (χ2n) is 6.69. The van der Waals surface area contributed by atoms with Crippen LogP contribution in [0.2, 0.25) is 5.02 Å². The van der Waals surface area contributed by atoms with Crippen LogP contribution in [0.3, 0.4) is 0 Å². The molecule has 2 aliphatic heterocycles. The molecule has 4 rings (SSSR count). The summed E-state index contributed by atoms with van der Waals surface area (Å²) in [5.41, 5.74) is 0.354. The molecule has 1 atom stereocenters. The van der Waals surface area contributed by atoms with E-state index in [-0.39, 0.29) is 28.0 Å². The minimum atomic E-state index is -4.54. The molecule has 9 heteroatoms. The number of hydrogen-bond acceptors (Lipinski definition) is 3. The second kappa shape index (κ2) is 6.79. The predicted molar refractivity (Wildman–Crippen MR) is 98.2 cm³/mol. The molecule has 0 spiro atoms. The van der Waals surface area contributed by atoms with Crippen molar-refractivity contribution >= 4 is 29.1 Å². The van der Waals surface area contributed by atoms with Crippen molar-refractivity contribution in [2.24, 2.45) is 0 Å². The zero-order valence-electron chi connectivity index (χ0n) is 14.4. The molecule has 1 saturated heterocycles. The number of fused-ring (bicyclic) bond motifs is 2. The number of benzene rings is 2. The molecule has 2 amide bonds. The first kappa shape index (κ1) is 18.8. The minimum Gasteiger partial charge on any atom is -0.324 e. The molecule has 0 radical (unpaired) electrons. The first-order chi connectivity index (χ1) is 13.2.